The molecule has 1 aliphatic carbocycles. The number of rotatable bonds is 14. The molecule has 5 rings (SSSR count). The Morgan fingerprint density at radius 2 is 1.55 bits per heavy atom. The minimum Gasteiger partial charge on any atom is -0.389 e. The minimum absolute atomic E-state index is 0.0204. The van der Waals surface area contributed by atoms with Crippen molar-refractivity contribution in [2.45, 2.75) is 118 Å². The van der Waals surface area contributed by atoms with E-state index in [0.717, 1.165) is 19.3 Å². The van der Waals surface area contributed by atoms with Gasteiger partial charge in [-0.1, -0.05) is 12.8 Å². The Hall–Kier alpha value is -2.21. The minimum atomic E-state index is -1.34. The third kappa shape index (κ3) is 7.84. The Labute approximate surface area is 271 Å². The maximum absolute atomic E-state index is 10.8. The second-order valence-corrected chi connectivity index (χ2v) is 12.4. The molecule has 2 aromatic heterocycles. The number of imidazole rings is 1. The van der Waals surface area contributed by atoms with Gasteiger partial charge in [-0.2, -0.15) is 0 Å². The summed E-state index contributed by atoms with van der Waals surface area (Å²) in [5.74, 6) is 0.201. The zero-order chi connectivity index (χ0) is 33.8. The quantitative estimate of drug-likeness (QED) is 0.0846. The summed E-state index contributed by atoms with van der Waals surface area (Å²) in [5, 5.41) is 52.6. The molecule has 0 bridgehead atoms. The Morgan fingerprint density at radius 1 is 0.809 bits per heavy atom. The third-order valence-corrected chi connectivity index (χ3v) is 9.11. The number of fused-ring (bicyclic) bond motifs is 1. The molecule has 266 valence electrons. The van der Waals surface area contributed by atoms with E-state index in [1.54, 1.807) is 0 Å². The number of aromatic nitrogens is 4. The van der Waals surface area contributed by atoms with Gasteiger partial charge in [0, 0.05) is 31.8 Å². The monoisotopic (exact) mass is 671 g/mol. The topological polar surface area (TPSA) is 321 Å². The maximum Gasteiger partial charge on any atom is 0.176 e. The lowest BCUT2D eigenvalue weighted by Gasteiger charge is -2.46. The van der Waals surface area contributed by atoms with Crippen molar-refractivity contribution >= 4 is 17.0 Å². The van der Waals surface area contributed by atoms with Gasteiger partial charge in [-0.05, 0) is 19.3 Å². The highest BCUT2D eigenvalue weighted by Gasteiger charge is 2.49. The Morgan fingerprint density at radius 3 is 2.30 bits per heavy atom. The van der Waals surface area contributed by atoms with E-state index in [1.165, 1.54) is 17.2 Å². The number of ether oxygens (including phenoxy) is 5. The van der Waals surface area contributed by atoms with Crippen LogP contribution < -0.4 is 28.7 Å². The summed E-state index contributed by atoms with van der Waals surface area (Å²) >= 11 is 0. The van der Waals surface area contributed by atoms with Gasteiger partial charge in [0.05, 0.1) is 25.1 Å². The zero-order valence-corrected chi connectivity index (χ0v) is 26.1. The number of anilines is 1. The van der Waals surface area contributed by atoms with Gasteiger partial charge in [0.25, 0.3) is 0 Å². The van der Waals surface area contributed by atoms with Crippen molar-refractivity contribution in [2.24, 2.45) is 22.9 Å². The summed E-state index contributed by atoms with van der Waals surface area (Å²) in [7, 11) is 0. The molecule has 2 aromatic rings. The van der Waals surface area contributed by atoms with Crippen molar-refractivity contribution in [3.05, 3.63) is 12.7 Å². The first-order valence-electron chi connectivity index (χ1n) is 16.0. The number of nitrogens with zero attached hydrogens (tertiary/aromatic N) is 4. The highest BCUT2D eigenvalue weighted by molar-refractivity contribution is 5.81. The summed E-state index contributed by atoms with van der Waals surface area (Å²) in [6, 6.07) is -2.27. The largest absolute Gasteiger partial charge is 0.389 e. The molecule has 0 spiro atoms. The van der Waals surface area contributed by atoms with Crippen LogP contribution >= 0.6 is 0 Å². The first-order chi connectivity index (χ1) is 22.5. The first-order valence-corrected chi connectivity index (χ1v) is 16.0. The fourth-order valence-corrected chi connectivity index (χ4v) is 6.32. The van der Waals surface area contributed by atoms with Crippen LogP contribution in [0.25, 0.3) is 11.2 Å². The maximum atomic E-state index is 10.8. The van der Waals surface area contributed by atoms with Crippen LogP contribution in [0, 0.1) is 0 Å². The SMILES string of the molecule is NC[C@@H]1O[C@@H](O[C@@H]2[C@@H](O)[C@H](O)[C@@H](N)C[C@H]2N)[C@@H](N)[C@H](OCCCCCCOC[C@H]2O[C@@H](n3cnc4c(N)ncnc43)[C@H](O)[C@@H]2O)[C@H]1O. The summed E-state index contributed by atoms with van der Waals surface area (Å²) in [6.07, 6.45) is -5.45. The molecule has 2 saturated heterocycles. The molecule has 14 atom stereocenters. The van der Waals surface area contributed by atoms with Gasteiger partial charge in [0.15, 0.2) is 24.0 Å². The van der Waals surface area contributed by atoms with E-state index in [1.807, 2.05) is 0 Å². The van der Waals surface area contributed by atoms with Crippen molar-refractivity contribution in [3.8, 4) is 0 Å². The molecule has 3 fully saturated rings. The second kappa shape index (κ2) is 16.0. The number of aliphatic hydroxyl groups excluding tert-OH is 5. The predicted molar refractivity (Wildman–Crippen MR) is 164 cm³/mol. The van der Waals surface area contributed by atoms with E-state index >= 15 is 0 Å². The normalized spacial score (nSPS) is 39.5. The Bertz CT molecular complexity index is 1280. The number of hydrogen-bond acceptors (Lipinski definition) is 18. The molecule has 4 heterocycles. The van der Waals surface area contributed by atoms with Crippen LogP contribution in [0.3, 0.4) is 0 Å². The van der Waals surface area contributed by atoms with Crippen LogP contribution in [-0.4, -0.2) is 151 Å². The van der Waals surface area contributed by atoms with Crippen LogP contribution in [0.1, 0.15) is 38.3 Å². The third-order valence-electron chi connectivity index (χ3n) is 9.11. The fraction of sp³-hybridized carbons (Fsp3) is 0.821. The van der Waals surface area contributed by atoms with Gasteiger partial charge < -0.3 is 77.9 Å². The van der Waals surface area contributed by atoms with Crippen molar-refractivity contribution in [1.29, 1.82) is 0 Å². The van der Waals surface area contributed by atoms with Crippen molar-refractivity contribution in [3.63, 3.8) is 0 Å². The lowest BCUT2D eigenvalue weighted by atomic mass is 9.84. The van der Waals surface area contributed by atoms with Gasteiger partial charge in [0.1, 0.15) is 60.7 Å². The molecular weight excluding hydrogens is 622 g/mol. The molecule has 15 N–H and O–H groups in total. The van der Waals surface area contributed by atoms with E-state index in [2.05, 4.69) is 15.0 Å². The molecule has 0 unspecified atom stereocenters. The van der Waals surface area contributed by atoms with E-state index in [0.29, 0.717) is 30.8 Å². The van der Waals surface area contributed by atoms with E-state index in [4.69, 9.17) is 52.4 Å². The molecule has 0 radical (unpaired) electrons. The van der Waals surface area contributed by atoms with Gasteiger partial charge in [-0.25, -0.2) is 15.0 Å². The summed E-state index contributed by atoms with van der Waals surface area (Å²) < 4.78 is 30.8. The highest BCUT2D eigenvalue weighted by atomic mass is 16.7. The van der Waals surface area contributed by atoms with Crippen LogP contribution in [0.2, 0.25) is 0 Å². The smallest absolute Gasteiger partial charge is 0.176 e. The van der Waals surface area contributed by atoms with Crippen LogP contribution in [0.15, 0.2) is 12.7 Å². The zero-order valence-electron chi connectivity index (χ0n) is 26.1. The average Bonchev–Trinajstić information content (AvgIpc) is 3.60. The highest BCUT2D eigenvalue weighted by Crippen LogP contribution is 2.32. The molecule has 19 heteroatoms. The average molecular weight is 672 g/mol. The fourth-order valence-electron chi connectivity index (χ4n) is 6.32. The molecule has 2 aliphatic heterocycles. The van der Waals surface area contributed by atoms with Gasteiger partial charge in [-0.15, -0.1) is 0 Å². The van der Waals surface area contributed by atoms with E-state index in [-0.39, 0.29) is 25.4 Å². The lowest BCUT2D eigenvalue weighted by Crippen LogP contribution is -2.67. The molecular formula is C28H49N9O10. The van der Waals surface area contributed by atoms with Crippen molar-refractivity contribution < 1.29 is 49.2 Å². The van der Waals surface area contributed by atoms with Gasteiger partial charge in [0.2, 0.25) is 0 Å². The number of nitrogens with two attached hydrogens (primary N) is 5. The molecule has 0 aromatic carbocycles. The van der Waals surface area contributed by atoms with Gasteiger partial charge in [-0.3, -0.25) is 4.57 Å². The number of hydrogen-bond donors (Lipinski definition) is 10. The van der Waals surface area contributed by atoms with E-state index < -0.39 is 85.6 Å². The molecule has 0 amide bonds. The number of aliphatic hydroxyl groups is 5. The van der Waals surface area contributed by atoms with E-state index in [9.17, 15) is 25.5 Å². The van der Waals surface area contributed by atoms with Gasteiger partial charge >= 0.3 is 0 Å². The van der Waals surface area contributed by atoms with Crippen LogP contribution in [0.4, 0.5) is 5.82 Å². The second-order valence-electron chi connectivity index (χ2n) is 12.4. The van der Waals surface area contributed by atoms with Crippen LogP contribution in [-0.2, 0) is 23.7 Å². The summed E-state index contributed by atoms with van der Waals surface area (Å²) in [5.41, 5.74) is 30.8. The molecule has 47 heavy (non-hydrogen) atoms. The molecule has 3 aliphatic rings. The predicted octanol–water partition coefficient (Wildman–Crippen LogP) is -4.47. The first kappa shape index (κ1) is 36.1. The summed E-state index contributed by atoms with van der Waals surface area (Å²) in [6.45, 7) is 0.788. The number of unbranched alkanes of at least 4 members (excludes halogenated alkanes) is 3. The molecule has 19 nitrogen and oxygen atoms in total. The van der Waals surface area contributed by atoms with Crippen LogP contribution in [0.5, 0.6) is 0 Å². The Kier molecular flexibility index (Phi) is 12.3. The lowest BCUT2D eigenvalue weighted by molar-refractivity contribution is -0.292. The summed E-state index contributed by atoms with van der Waals surface area (Å²) in [4.78, 5) is 12.2. The van der Waals surface area contributed by atoms with Crippen molar-refractivity contribution in [1.82, 2.24) is 19.5 Å². The Balaban J connectivity index is 1.00. The molecule has 1 saturated carbocycles. The number of nitrogen functional groups attached to an aromatic ring is 1. The van der Waals surface area contributed by atoms with Crippen molar-refractivity contribution in [2.75, 3.05) is 32.1 Å². The standard InChI is InChI=1S/C28H49N9O10/c29-8-14-20(40)24(16(32)28(46-14)47-23-13(31)7-12(30)18(38)21(23)41)44-6-4-2-1-3-5-43-9-15-19(39)22(42)27(45-15)37-11-36-17-25(33)34-10-35-26(17)37/h10-16,18-24,27-28,38-42H,1-9,29-32H2,(H2,33,34,35)/t12-,13+,14-,15+,16-,18+,19+,20-,21-,22+,23-,24-,27+,28-/m0/s1.